The fraction of sp³-hybridized carbons (Fsp3) is 0.333. The molecule has 3 heteroatoms. The SMILES string of the molecule is CN(C)CCc1cc2cc(Br)ccc2o1. The van der Waals surface area contributed by atoms with Crippen molar-refractivity contribution in [1.29, 1.82) is 0 Å². The maximum atomic E-state index is 5.73. The van der Waals surface area contributed by atoms with Gasteiger partial charge >= 0.3 is 0 Å². The number of nitrogens with zero attached hydrogens (tertiary/aromatic N) is 1. The van der Waals surface area contributed by atoms with Crippen molar-refractivity contribution in [2.24, 2.45) is 0 Å². The molecule has 1 aromatic carbocycles. The first-order valence-electron chi connectivity index (χ1n) is 4.98. The lowest BCUT2D eigenvalue weighted by Crippen LogP contribution is -2.14. The highest BCUT2D eigenvalue weighted by Crippen LogP contribution is 2.23. The molecule has 2 nitrogen and oxygen atoms in total. The molecule has 1 heterocycles. The van der Waals surface area contributed by atoms with Gasteiger partial charge in [0.2, 0.25) is 0 Å². The molecule has 0 bridgehead atoms. The van der Waals surface area contributed by atoms with Gasteiger partial charge in [0.25, 0.3) is 0 Å². The molecule has 80 valence electrons. The Bertz CT molecular complexity index is 462. The number of fused-ring (bicyclic) bond motifs is 1. The molecule has 0 aliphatic heterocycles. The molecule has 0 saturated carbocycles. The van der Waals surface area contributed by atoms with Gasteiger partial charge in [-0.2, -0.15) is 0 Å². The summed E-state index contributed by atoms with van der Waals surface area (Å²) in [5.41, 5.74) is 0.965. The average Bonchev–Trinajstić information content (AvgIpc) is 2.56. The van der Waals surface area contributed by atoms with Crippen molar-refractivity contribution in [1.82, 2.24) is 4.90 Å². The Labute approximate surface area is 98.0 Å². The summed E-state index contributed by atoms with van der Waals surface area (Å²) in [5, 5.41) is 1.16. The summed E-state index contributed by atoms with van der Waals surface area (Å²) in [6, 6.07) is 8.20. The van der Waals surface area contributed by atoms with Gasteiger partial charge in [-0.1, -0.05) is 15.9 Å². The molecule has 1 aromatic heterocycles. The van der Waals surface area contributed by atoms with Crippen LogP contribution in [0, 0.1) is 0 Å². The van der Waals surface area contributed by atoms with Crippen LogP contribution in [0.15, 0.2) is 33.2 Å². The van der Waals surface area contributed by atoms with E-state index in [1.807, 2.05) is 12.1 Å². The zero-order chi connectivity index (χ0) is 10.8. The molecule has 0 unspecified atom stereocenters. The Morgan fingerprint density at radius 2 is 2.07 bits per heavy atom. The van der Waals surface area contributed by atoms with Crippen molar-refractivity contribution in [2.45, 2.75) is 6.42 Å². The largest absolute Gasteiger partial charge is 0.461 e. The molecule has 2 rings (SSSR count). The average molecular weight is 268 g/mol. The monoisotopic (exact) mass is 267 g/mol. The van der Waals surface area contributed by atoms with E-state index in [-0.39, 0.29) is 0 Å². The van der Waals surface area contributed by atoms with E-state index in [2.05, 4.69) is 47.1 Å². The summed E-state index contributed by atoms with van der Waals surface area (Å²) in [4.78, 5) is 2.16. The number of hydrogen-bond donors (Lipinski definition) is 0. The number of halogens is 1. The third-order valence-corrected chi connectivity index (χ3v) is 2.83. The van der Waals surface area contributed by atoms with E-state index in [4.69, 9.17) is 4.42 Å². The van der Waals surface area contributed by atoms with Gasteiger partial charge in [0.1, 0.15) is 11.3 Å². The van der Waals surface area contributed by atoms with Crippen LogP contribution < -0.4 is 0 Å². The minimum absolute atomic E-state index is 0.958. The van der Waals surface area contributed by atoms with Crippen LogP contribution in [-0.2, 0) is 6.42 Å². The van der Waals surface area contributed by atoms with Crippen molar-refractivity contribution < 1.29 is 4.42 Å². The lowest BCUT2D eigenvalue weighted by molar-refractivity contribution is 0.395. The summed E-state index contributed by atoms with van der Waals surface area (Å²) in [6.07, 6.45) is 0.958. The van der Waals surface area contributed by atoms with E-state index in [1.165, 1.54) is 0 Å². The van der Waals surface area contributed by atoms with Gasteiger partial charge in [-0.3, -0.25) is 0 Å². The van der Waals surface area contributed by atoms with E-state index in [9.17, 15) is 0 Å². The number of furan rings is 1. The van der Waals surface area contributed by atoms with Gasteiger partial charge in [0.15, 0.2) is 0 Å². The smallest absolute Gasteiger partial charge is 0.134 e. The summed E-state index contributed by atoms with van der Waals surface area (Å²) in [5.74, 6) is 1.05. The maximum Gasteiger partial charge on any atom is 0.134 e. The second kappa shape index (κ2) is 4.37. The first-order chi connectivity index (χ1) is 7.15. The van der Waals surface area contributed by atoms with Crippen LogP contribution >= 0.6 is 15.9 Å². The van der Waals surface area contributed by atoms with Crippen molar-refractivity contribution in [3.05, 3.63) is 34.5 Å². The van der Waals surface area contributed by atoms with E-state index >= 15 is 0 Å². The fourth-order valence-corrected chi connectivity index (χ4v) is 1.90. The van der Waals surface area contributed by atoms with Crippen LogP contribution in [0.2, 0.25) is 0 Å². The lowest BCUT2D eigenvalue weighted by atomic mass is 10.2. The van der Waals surface area contributed by atoms with Crippen LogP contribution in [0.3, 0.4) is 0 Å². The fourth-order valence-electron chi connectivity index (χ4n) is 1.53. The van der Waals surface area contributed by atoms with Crippen molar-refractivity contribution in [2.75, 3.05) is 20.6 Å². The molecule has 0 radical (unpaired) electrons. The van der Waals surface area contributed by atoms with Gasteiger partial charge in [-0.15, -0.1) is 0 Å². The normalized spacial score (nSPS) is 11.5. The predicted molar refractivity (Wildman–Crippen MR) is 66.2 cm³/mol. The van der Waals surface area contributed by atoms with E-state index < -0.39 is 0 Å². The molecule has 0 aliphatic rings. The second-order valence-corrected chi connectivity index (χ2v) is 4.86. The van der Waals surface area contributed by atoms with Gasteiger partial charge in [0, 0.05) is 22.8 Å². The highest BCUT2D eigenvalue weighted by Gasteiger charge is 2.04. The van der Waals surface area contributed by atoms with Crippen LogP contribution in [0.5, 0.6) is 0 Å². The molecular formula is C12H14BrNO. The molecule has 2 aromatic rings. The first kappa shape index (κ1) is 10.7. The topological polar surface area (TPSA) is 16.4 Å². The molecule has 0 N–H and O–H groups in total. The van der Waals surface area contributed by atoms with Crippen LogP contribution in [0.1, 0.15) is 5.76 Å². The van der Waals surface area contributed by atoms with Gasteiger partial charge in [0.05, 0.1) is 0 Å². The number of likely N-dealkylation sites (N-methyl/N-ethyl adjacent to an activating group) is 1. The second-order valence-electron chi connectivity index (χ2n) is 3.95. The highest BCUT2D eigenvalue weighted by atomic mass is 79.9. The Hall–Kier alpha value is -0.800. The molecule has 0 spiro atoms. The predicted octanol–water partition coefficient (Wildman–Crippen LogP) is 3.30. The molecule has 15 heavy (non-hydrogen) atoms. The highest BCUT2D eigenvalue weighted by molar-refractivity contribution is 9.10. The number of hydrogen-bond acceptors (Lipinski definition) is 2. The lowest BCUT2D eigenvalue weighted by Gasteiger charge is -2.06. The Kier molecular flexibility index (Phi) is 3.12. The maximum absolute atomic E-state index is 5.73. The Morgan fingerprint density at radius 1 is 1.27 bits per heavy atom. The molecular weight excluding hydrogens is 254 g/mol. The minimum atomic E-state index is 0.958. The molecule has 0 saturated heterocycles. The van der Waals surface area contributed by atoms with Crippen LogP contribution in [0.4, 0.5) is 0 Å². The van der Waals surface area contributed by atoms with Gasteiger partial charge in [-0.05, 0) is 38.4 Å². The first-order valence-corrected chi connectivity index (χ1v) is 5.77. The summed E-state index contributed by atoms with van der Waals surface area (Å²) in [6.45, 7) is 1.01. The van der Waals surface area contributed by atoms with Crippen LogP contribution in [0.25, 0.3) is 11.0 Å². The van der Waals surface area contributed by atoms with Crippen molar-refractivity contribution >= 4 is 26.9 Å². The van der Waals surface area contributed by atoms with E-state index in [0.29, 0.717) is 0 Å². The standard InChI is InChI=1S/C12H14BrNO/c1-14(2)6-5-11-8-9-7-10(13)3-4-12(9)15-11/h3-4,7-8H,5-6H2,1-2H3. The zero-order valence-corrected chi connectivity index (χ0v) is 10.5. The number of benzene rings is 1. The summed E-state index contributed by atoms with van der Waals surface area (Å²) in [7, 11) is 4.14. The number of rotatable bonds is 3. The minimum Gasteiger partial charge on any atom is -0.461 e. The van der Waals surface area contributed by atoms with Gasteiger partial charge < -0.3 is 9.32 Å². The third-order valence-electron chi connectivity index (χ3n) is 2.33. The van der Waals surface area contributed by atoms with E-state index in [1.54, 1.807) is 0 Å². The zero-order valence-electron chi connectivity index (χ0n) is 8.96. The van der Waals surface area contributed by atoms with E-state index in [0.717, 1.165) is 34.2 Å². The Morgan fingerprint density at radius 3 is 2.80 bits per heavy atom. The molecule has 0 aliphatic carbocycles. The summed E-state index contributed by atoms with van der Waals surface area (Å²) < 4.78 is 6.82. The molecule has 0 atom stereocenters. The molecule has 0 fully saturated rings. The third kappa shape index (κ3) is 2.61. The van der Waals surface area contributed by atoms with Crippen molar-refractivity contribution in [3.63, 3.8) is 0 Å². The Balaban J connectivity index is 2.23. The summed E-state index contributed by atoms with van der Waals surface area (Å²) >= 11 is 3.45. The van der Waals surface area contributed by atoms with Crippen LogP contribution in [-0.4, -0.2) is 25.5 Å². The van der Waals surface area contributed by atoms with Gasteiger partial charge in [-0.25, -0.2) is 0 Å². The molecule has 0 amide bonds. The quantitative estimate of drug-likeness (QED) is 0.849. The van der Waals surface area contributed by atoms with Crippen molar-refractivity contribution in [3.8, 4) is 0 Å².